The summed E-state index contributed by atoms with van der Waals surface area (Å²) in [6.07, 6.45) is -0.321. The molecular weight excluding hydrogens is 963 g/mol. The van der Waals surface area contributed by atoms with E-state index in [0.29, 0.717) is 10.6 Å². The van der Waals surface area contributed by atoms with Gasteiger partial charge in [0.1, 0.15) is 11.2 Å². The molecule has 2 atom stereocenters. The van der Waals surface area contributed by atoms with Gasteiger partial charge in [-0.25, -0.2) is 9.59 Å². The average Bonchev–Trinajstić information content (AvgIpc) is 3.60. The fourth-order valence-electron chi connectivity index (χ4n) is 6.02. The molecule has 1 aliphatic heterocycles. The van der Waals surface area contributed by atoms with Crippen molar-refractivity contribution in [2.24, 2.45) is 5.92 Å². The number of carbonyl (C=O) groups is 9. The molecule has 2 rings (SSSR count). The number of ether oxygens (including phenoxy) is 9. The summed E-state index contributed by atoms with van der Waals surface area (Å²) in [7, 11) is 0. The summed E-state index contributed by atoms with van der Waals surface area (Å²) in [5.74, 6) is -0.671. The van der Waals surface area contributed by atoms with E-state index in [2.05, 4.69) is 33.1 Å². The van der Waals surface area contributed by atoms with Gasteiger partial charge in [-0.05, 0) is 72.1 Å². The van der Waals surface area contributed by atoms with Crippen molar-refractivity contribution in [2.45, 2.75) is 111 Å². The number of carbonyl (C=O) groups excluding carboxylic acids is 9. The van der Waals surface area contributed by atoms with Crippen molar-refractivity contribution in [3.8, 4) is 17.6 Å². The van der Waals surface area contributed by atoms with Crippen LogP contribution in [-0.4, -0.2) is 168 Å². The first-order valence-corrected chi connectivity index (χ1v) is 24.0. The summed E-state index contributed by atoms with van der Waals surface area (Å²) in [4.78, 5) is 114. The van der Waals surface area contributed by atoms with Crippen molar-refractivity contribution >= 4 is 59.2 Å². The molecule has 6 amide bonds. The molecule has 0 aliphatic carbocycles. The van der Waals surface area contributed by atoms with Gasteiger partial charge in [0, 0.05) is 50.7 Å². The first-order valence-electron chi connectivity index (χ1n) is 24.0. The zero-order chi connectivity index (χ0) is 54.2. The predicted molar refractivity (Wildman–Crippen MR) is 258 cm³/mol. The standard InChI is InChI=1S/C49H73N5O19/c1-34(46(62)71-48(3,4)5)31-37(52-47(63)72-49(6,7)8)32-36-9-10-39(70-35(2)55)38(33-36)53-42(58)15-19-64-23-27-68-29-25-66-21-17-50-40(56)11-12-41(57)51-18-22-67-26-30-69-28-24-65-20-16-45(61)73-54-43(59)13-14-44(54)60/h9-10,33-34,37H,13-32H2,1-8H3,(H,50,56)(H,51,57)(H,52,63)(H,53,58)/t34?,37-/m1/s1. The Morgan fingerprint density at radius 1 is 0.658 bits per heavy atom. The number of hydrogen-bond acceptors (Lipinski definition) is 19. The smallest absolute Gasteiger partial charge is 0.407 e. The second-order valence-corrected chi connectivity index (χ2v) is 18.2. The molecule has 1 aromatic carbocycles. The van der Waals surface area contributed by atoms with Gasteiger partial charge in [-0.1, -0.05) is 13.0 Å². The number of amides is 6. The van der Waals surface area contributed by atoms with E-state index in [-0.39, 0.29) is 142 Å². The van der Waals surface area contributed by atoms with E-state index in [1.807, 2.05) is 0 Å². The molecule has 1 fully saturated rings. The van der Waals surface area contributed by atoms with Gasteiger partial charge >= 0.3 is 24.0 Å². The second kappa shape index (κ2) is 34.2. The van der Waals surface area contributed by atoms with E-state index < -0.39 is 76.7 Å². The number of benzene rings is 1. The molecule has 0 radical (unpaired) electrons. The van der Waals surface area contributed by atoms with Gasteiger partial charge in [-0.2, -0.15) is 0 Å². The molecule has 1 unspecified atom stereocenters. The monoisotopic (exact) mass is 1040 g/mol. The zero-order valence-electron chi connectivity index (χ0n) is 43.2. The van der Waals surface area contributed by atoms with Crippen LogP contribution in [-0.2, 0) is 87.5 Å². The lowest BCUT2D eigenvalue weighted by atomic mass is 9.95. The quantitative estimate of drug-likeness (QED) is 0.0258. The van der Waals surface area contributed by atoms with Gasteiger partial charge in [0.2, 0.25) is 5.91 Å². The van der Waals surface area contributed by atoms with Gasteiger partial charge in [0.05, 0.1) is 104 Å². The zero-order valence-corrected chi connectivity index (χ0v) is 43.2. The number of hydroxylamine groups is 2. The minimum absolute atomic E-state index is 0.0188. The molecule has 1 aromatic rings. The van der Waals surface area contributed by atoms with Crippen molar-refractivity contribution in [1.29, 1.82) is 0 Å². The van der Waals surface area contributed by atoms with Crippen LogP contribution < -0.4 is 26.0 Å². The van der Waals surface area contributed by atoms with Gasteiger partial charge in [0.25, 0.3) is 23.6 Å². The molecule has 408 valence electrons. The van der Waals surface area contributed by atoms with Gasteiger partial charge in [-0.3, -0.25) is 33.6 Å². The third kappa shape index (κ3) is 31.1. The Balaban J connectivity index is 1.56. The number of hydrogen-bond donors (Lipinski definition) is 4. The van der Waals surface area contributed by atoms with Crippen LogP contribution in [0.5, 0.6) is 5.75 Å². The Labute approximate surface area is 426 Å². The SMILES string of the molecule is CC(=O)Oc1ccc(C[C@@H](CC(C)C(=O)OC(C)(C)C)NC(=O)OC(C)(C)C)cc1NC(=O)CCOCCOCCOCCNC(=O)C#CC(=O)NCCOCCOCCOCCC(=O)ON1C(=O)CCC1=O. The molecule has 73 heavy (non-hydrogen) atoms. The maximum absolute atomic E-state index is 12.9. The molecule has 4 N–H and O–H groups in total. The first-order chi connectivity index (χ1) is 34.5. The van der Waals surface area contributed by atoms with Crippen LogP contribution in [0.1, 0.15) is 93.1 Å². The highest BCUT2D eigenvalue weighted by Crippen LogP contribution is 2.28. The fraction of sp³-hybridized carbons (Fsp3) is 0.653. The number of nitrogens with one attached hydrogen (secondary N) is 4. The number of alkyl carbamates (subject to hydrolysis) is 1. The van der Waals surface area contributed by atoms with E-state index in [0.717, 1.165) is 0 Å². The molecular formula is C49H73N5O19. The van der Waals surface area contributed by atoms with Crippen molar-refractivity contribution in [3.05, 3.63) is 23.8 Å². The van der Waals surface area contributed by atoms with E-state index >= 15 is 0 Å². The van der Waals surface area contributed by atoms with E-state index in [1.165, 1.54) is 13.0 Å². The summed E-state index contributed by atoms with van der Waals surface area (Å²) >= 11 is 0. The largest absolute Gasteiger partial charge is 0.460 e. The topological polar surface area (TPSA) is 297 Å². The minimum Gasteiger partial charge on any atom is -0.460 e. The number of anilines is 1. The van der Waals surface area contributed by atoms with E-state index in [4.69, 9.17) is 47.5 Å². The average molecular weight is 1040 g/mol. The number of imide groups is 1. The summed E-state index contributed by atoms with van der Waals surface area (Å²) in [5, 5.41) is 11.1. The number of nitrogens with zero attached hydrogens (tertiary/aromatic N) is 1. The van der Waals surface area contributed by atoms with Crippen LogP contribution in [0.25, 0.3) is 0 Å². The van der Waals surface area contributed by atoms with Crippen LogP contribution in [0.15, 0.2) is 18.2 Å². The normalized spacial score (nSPS) is 13.2. The van der Waals surface area contributed by atoms with Crippen molar-refractivity contribution in [2.75, 3.05) is 97.7 Å². The highest BCUT2D eigenvalue weighted by atomic mass is 16.7. The molecule has 1 aliphatic rings. The third-order valence-electron chi connectivity index (χ3n) is 9.19. The third-order valence-corrected chi connectivity index (χ3v) is 9.19. The molecule has 0 aromatic heterocycles. The van der Waals surface area contributed by atoms with E-state index in [1.54, 1.807) is 60.6 Å². The lowest BCUT2D eigenvalue weighted by Crippen LogP contribution is -2.42. The number of rotatable bonds is 33. The molecule has 1 saturated heterocycles. The first kappa shape index (κ1) is 62.9. The van der Waals surface area contributed by atoms with Crippen molar-refractivity contribution in [1.82, 2.24) is 21.0 Å². The highest BCUT2D eigenvalue weighted by Gasteiger charge is 2.33. The van der Waals surface area contributed by atoms with Crippen LogP contribution in [0, 0.1) is 17.8 Å². The highest BCUT2D eigenvalue weighted by molar-refractivity contribution is 6.03. The lowest BCUT2D eigenvalue weighted by Gasteiger charge is -2.27. The maximum Gasteiger partial charge on any atom is 0.407 e. The predicted octanol–water partition coefficient (Wildman–Crippen LogP) is 2.08. The molecule has 1 heterocycles. The Morgan fingerprint density at radius 2 is 1.14 bits per heavy atom. The Morgan fingerprint density at radius 3 is 1.63 bits per heavy atom. The second-order valence-electron chi connectivity index (χ2n) is 18.2. The summed E-state index contributed by atoms with van der Waals surface area (Å²) in [5.41, 5.74) is -0.557. The molecule has 24 nitrogen and oxygen atoms in total. The Hall–Kier alpha value is -6.23. The molecule has 0 bridgehead atoms. The van der Waals surface area contributed by atoms with Crippen LogP contribution >= 0.6 is 0 Å². The van der Waals surface area contributed by atoms with Gasteiger partial charge in [-0.15, -0.1) is 5.06 Å². The maximum atomic E-state index is 12.9. The van der Waals surface area contributed by atoms with Crippen molar-refractivity contribution in [3.63, 3.8) is 0 Å². The van der Waals surface area contributed by atoms with Crippen LogP contribution in [0.3, 0.4) is 0 Å². The van der Waals surface area contributed by atoms with Gasteiger partial charge < -0.3 is 68.7 Å². The van der Waals surface area contributed by atoms with Crippen LogP contribution in [0.4, 0.5) is 10.5 Å². The summed E-state index contributed by atoms with van der Waals surface area (Å²) in [6.45, 7) is 16.0. The van der Waals surface area contributed by atoms with Crippen molar-refractivity contribution < 1.29 is 90.6 Å². The Kier molecular flexibility index (Phi) is 29.5. The number of esters is 2. The lowest BCUT2D eigenvalue weighted by molar-refractivity contribution is -0.198. The molecule has 0 saturated carbocycles. The minimum atomic E-state index is -0.758. The molecule has 0 spiro atoms. The summed E-state index contributed by atoms with van der Waals surface area (Å²) < 4.78 is 48.7. The van der Waals surface area contributed by atoms with Gasteiger partial charge in [0.15, 0.2) is 5.75 Å². The summed E-state index contributed by atoms with van der Waals surface area (Å²) in [6, 6.07) is 4.29. The molecule has 24 heteroatoms. The van der Waals surface area contributed by atoms with E-state index in [9.17, 15) is 43.2 Å². The fourth-order valence-corrected chi connectivity index (χ4v) is 6.02. The van der Waals surface area contributed by atoms with Crippen LogP contribution in [0.2, 0.25) is 0 Å². The Bertz CT molecular complexity index is 2020.